The summed E-state index contributed by atoms with van der Waals surface area (Å²) < 4.78 is 59.2. The highest BCUT2D eigenvalue weighted by atomic mass is 32.2. The van der Waals surface area contributed by atoms with E-state index in [4.69, 9.17) is 4.74 Å². The molecule has 2 fully saturated rings. The maximum Gasteiger partial charge on any atom is 0.243 e. The van der Waals surface area contributed by atoms with Gasteiger partial charge in [-0.1, -0.05) is 18.2 Å². The van der Waals surface area contributed by atoms with Crippen LogP contribution in [-0.4, -0.2) is 70.7 Å². The van der Waals surface area contributed by atoms with E-state index >= 15 is 0 Å². The molecule has 0 spiro atoms. The van der Waals surface area contributed by atoms with E-state index in [0.717, 1.165) is 0 Å². The number of carbonyl (C=O) groups is 1. The van der Waals surface area contributed by atoms with E-state index in [1.54, 1.807) is 42.5 Å². The molecule has 11 heteroatoms. The second kappa shape index (κ2) is 9.90. The first-order valence-corrected chi connectivity index (χ1v) is 13.7. The molecule has 2 aliphatic rings. The van der Waals surface area contributed by atoms with Gasteiger partial charge >= 0.3 is 0 Å². The van der Waals surface area contributed by atoms with Crippen molar-refractivity contribution in [1.29, 1.82) is 0 Å². The molecule has 9 nitrogen and oxygen atoms in total. The maximum atomic E-state index is 12.9. The normalized spacial score (nSPS) is 20.9. The van der Waals surface area contributed by atoms with Crippen molar-refractivity contribution >= 4 is 31.6 Å². The molecule has 1 atom stereocenters. The Kier molecular flexibility index (Phi) is 7.15. The molecule has 1 amide bonds. The second-order valence-corrected chi connectivity index (χ2v) is 11.9. The summed E-state index contributed by atoms with van der Waals surface area (Å²) in [5.41, 5.74) is 0.462. The number of carbonyl (C=O) groups excluding carboxylic acids is 1. The Labute approximate surface area is 194 Å². The Bertz CT molecular complexity index is 1180. The quantitative estimate of drug-likeness (QED) is 0.656. The number of sulfonamides is 2. The van der Waals surface area contributed by atoms with Crippen molar-refractivity contribution in [3.8, 4) is 0 Å². The summed E-state index contributed by atoms with van der Waals surface area (Å²) in [6, 6.07) is 14.2. The summed E-state index contributed by atoms with van der Waals surface area (Å²) in [6.07, 6.45) is 1.16. The fraction of sp³-hybridized carbons (Fsp3) is 0.409. The van der Waals surface area contributed by atoms with Crippen LogP contribution in [0.4, 0.5) is 5.69 Å². The SMILES string of the molecule is O=C(Nc1ccc(S(=O)(=O)N2CCOCC2)cc1)[C@@H]1CCCN(S(=O)(=O)c2ccccc2)C1. The zero-order chi connectivity index (χ0) is 23.5. The van der Waals surface area contributed by atoms with Crippen LogP contribution in [-0.2, 0) is 29.6 Å². The summed E-state index contributed by atoms with van der Waals surface area (Å²) >= 11 is 0. The van der Waals surface area contributed by atoms with Gasteiger partial charge < -0.3 is 10.1 Å². The van der Waals surface area contributed by atoms with Crippen molar-refractivity contribution in [3.05, 3.63) is 54.6 Å². The molecule has 4 rings (SSSR count). The van der Waals surface area contributed by atoms with E-state index < -0.39 is 26.0 Å². The largest absolute Gasteiger partial charge is 0.379 e. The molecule has 2 heterocycles. The average molecular weight is 494 g/mol. The van der Waals surface area contributed by atoms with Gasteiger partial charge in [0, 0.05) is 31.9 Å². The predicted octanol–water partition coefficient (Wildman–Crippen LogP) is 1.75. The zero-order valence-corrected chi connectivity index (χ0v) is 19.7. The lowest BCUT2D eigenvalue weighted by Gasteiger charge is -2.31. The summed E-state index contributed by atoms with van der Waals surface area (Å²) in [7, 11) is -7.27. The van der Waals surface area contributed by atoms with Crippen LogP contribution in [0.2, 0.25) is 0 Å². The van der Waals surface area contributed by atoms with Gasteiger partial charge in [0.15, 0.2) is 0 Å². The maximum absolute atomic E-state index is 12.9. The molecule has 0 aliphatic carbocycles. The van der Waals surface area contributed by atoms with Gasteiger partial charge in [0.25, 0.3) is 0 Å². The lowest BCUT2D eigenvalue weighted by molar-refractivity contribution is -0.120. The number of ether oxygens (including phenoxy) is 1. The van der Waals surface area contributed by atoms with E-state index in [9.17, 15) is 21.6 Å². The number of hydrogen-bond acceptors (Lipinski definition) is 6. The molecular weight excluding hydrogens is 466 g/mol. The van der Waals surface area contributed by atoms with Crippen LogP contribution in [0.1, 0.15) is 12.8 Å². The smallest absolute Gasteiger partial charge is 0.243 e. The molecule has 0 aromatic heterocycles. The molecule has 0 saturated carbocycles. The fourth-order valence-electron chi connectivity index (χ4n) is 4.01. The third-order valence-corrected chi connectivity index (χ3v) is 9.66. The van der Waals surface area contributed by atoms with Crippen molar-refractivity contribution in [2.45, 2.75) is 22.6 Å². The van der Waals surface area contributed by atoms with Gasteiger partial charge in [0.1, 0.15) is 0 Å². The molecular formula is C22H27N3O6S2. The first-order chi connectivity index (χ1) is 15.8. The molecule has 1 N–H and O–H groups in total. The first-order valence-electron chi connectivity index (χ1n) is 10.8. The van der Waals surface area contributed by atoms with Crippen LogP contribution >= 0.6 is 0 Å². The third-order valence-electron chi connectivity index (χ3n) is 5.87. The van der Waals surface area contributed by atoms with E-state index in [1.165, 1.54) is 20.7 Å². The van der Waals surface area contributed by atoms with Crippen LogP contribution in [0.25, 0.3) is 0 Å². The second-order valence-electron chi connectivity index (χ2n) is 8.05. The summed E-state index contributed by atoms with van der Waals surface area (Å²) in [4.78, 5) is 13.2. The number of nitrogens with zero attached hydrogens (tertiary/aromatic N) is 2. The van der Waals surface area contributed by atoms with Crippen molar-refractivity contribution in [2.24, 2.45) is 5.92 Å². The molecule has 0 unspecified atom stereocenters. The van der Waals surface area contributed by atoms with Crippen LogP contribution < -0.4 is 5.32 Å². The average Bonchev–Trinajstić information content (AvgIpc) is 2.85. The summed E-state index contributed by atoms with van der Waals surface area (Å²) in [5.74, 6) is -0.777. The zero-order valence-electron chi connectivity index (χ0n) is 18.1. The number of nitrogens with one attached hydrogen (secondary N) is 1. The summed E-state index contributed by atoms with van der Waals surface area (Å²) in [5, 5.41) is 2.79. The van der Waals surface area contributed by atoms with Crippen molar-refractivity contribution < 1.29 is 26.4 Å². The number of anilines is 1. The minimum atomic E-state index is -3.66. The van der Waals surface area contributed by atoms with Crippen LogP contribution in [0.3, 0.4) is 0 Å². The number of hydrogen-bond donors (Lipinski definition) is 1. The highest BCUT2D eigenvalue weighted by molar-refractivity contribution is 7.89. The molecule has 2 aromatic rings. The monoisotopic (exact) mass is 493 g/mol. The van der Waals surface area contributed by atoms with Gasteiger partial charge in [-0.3, -0.25) is 4.79 Å². The number of benzene rings is 2. The Balaban J connectivity index is 1.41. The molecule has 2 saturated heterocycles. The standard InChI is InChI=1S/C22H27N3O6S2/c26-22(18-5-4-12-25(17-18)33(29,30)20-6-2-1-3-7-20)23-19-8-10-21(11-9-19)32(27,28)24-13-15-31-16-14-24/h1-3,6-11,18H,4-5,12-17H2,(H,23,26)/t18-/m1/s1. The van der Waals surface area contributed by atoms with Crippen molar-refractivity contribution in [3.63, 3.8) is 0 Å². The van der Waals surface area contributed by atoms with Gasteiger partial charge in [-0.25, -0.2) is 16.8 Å². The van der Waals surface area contributed by atoms with Crippen LogP contribution in [0.5, 0.6) is 0 Å². The van der Waals surface area contributed by atoms with Crippen LogP contribution in [0.15, 0.2) is 64.4 Å². The Morgan fingerprint density at radius 3 is 2.09 bits per heavy atom. The van der Waals surface area contributed by atoms with Crippen molar-refractivity contribution in [1.82, 2.24) is 8.61 Å². The Morgan fingerprint density at radius 2 is 1.42 bits per heavy atom. The lowest BCUT2D eigenvalue weighted by atomic mass is 9.99. The molecule has 2 aromatic carbocycles. The third kappa shape index (κ3) is 5.28. The number of morpholine rings is 1. The molecule has 2 aliphatic heterocycles. The van der Waals surface area contributed by atoms with E-state index in [1.807, 2.05) is 0 Å². The number of amides is 1. The number of piperidine rings is 1. The molecule has 178 valence electrons. The van der Waals surface area contributed by atoms with Gasteiger partial charge in [-0.15, -0.1) is 0 Å². The van der Waals surface area contributed by atoms with Gasteiger partial charge in [-0.2, -0.15) is 8.61 Å². The Hall–Kier alpha value is -2.31. The van der Waals surface area contributed by atoms with Gasteiger partial charge in [0.05, 0.1) is 28.9 Å². The number of rotatable bonds is 6. The van der Waals surface area contributed by atoms with Crippen LogP contribution in [0, 0.1) is 5.92 Å². The van der Waals surface area contributed by atoms with Crippen molar-refractivity contribution in [2.75, 3.05) is 44.7 Å². The predicted molar refractivity (Wildman–Crippen MR) is 123 cm³/mol. The van der Waals surface area contributed by atoms with Gasteiger partial charge in [-0.05, 0) is 49.2 Å². The highest BCUT2D eigenvalue weighted by Crippen LogP contribution is 2.25. The van der Waals surface area contributed by atoms with Gasteiger partial charge in [0.2, 0.25) is 26.0 Å². The van der Waals surface area contributed by atoms with E-state index in [0.29, 0.717) is 51.4 Å². The molecule has 0 bridgehead atoms. The topological polar surface area (TPSA) is 113 Å². The lowest BCUT2D eigenvalue weighted by Crippen LogP contribution is -2.43. The minimum Gasteiger partial charge on any atom is -0.379 e. The molecule has 33 heavy (non-hydrogen) atoms. The fourth-order valence-corrected chi connectivity index (χ4v) is 6.96. The van der Waals surface area contributed by atoms with E-state index in [-0.39, 0.29) is 22.2 Å². The molecule has 0 radical (unpaired) electrons. The first kappa shape index (κ1) is 23.8. The Morgan fingerprint density at radius 1 is 0.818 bits per heavy atom. The minimum absolute atomic E-state index is 0.104. The highest BCUT2D eigenvalue weighted by Gasteiger charge is 2.33. The summed E-state index contributed by atoms with van der Waals surface area (Å²) in [6.45, 7) is 1.83. The van der Waals surface area contributed by atoms with E-state index in [2.05, 4.69) is 5.32 Å².